The molecule has 1 amide bonds. The Morgan fingerprint density at radius 1 is 0.833 bits per heavy atom. The number of carbonyl (C=O) groups excluding carboxylic acids is 1. The maximum absolute atomic E-state index is 12.9. The van der Waals surface area contributed by atoms with Crippen LogP contribution in [0.1, 0.15) is 21.5 Å². The molecular weight excluding hydrogens is 364 g/mol. The van der Waals surface area contributed by atoms with E-state index in [1.54, 1.807) is 18.3 Å². The minimum Gasteiger partial charge on any atom is -0.330 e. The highest BCUT2D eigenvalue weighted by Crippen LogP contribution is 2.15. The quantitative estimate of drug-likeness (QED) is 0.601. The molecule has 0 saturated heterocycles. The van der Waals surface area contributed by atoms with E-state index in [1.165, 1.54) is 0 Å². The molecule has 0 spiro atoms. The van der Waals surface area contributed by atoms with Crippen LogP contribution >= 0.6 is 15.9 Å². The number of nitrogens with zero attached hydrogens (tertiary/aromatic N) is 2. The van der Waals surface area contributed by atoms with Crippen LogP contribution in [-0.4, -0.2) is 15.8 Å². The van der Waals surface area contributed by atoms with E-state index < -0.39 is 0 Å². The monoisotopic (exact) mass is 380 g/mol. The van der Waals surface area contributed by atoms with Gasteiger partial charge in [0.05, 0.1) is 5.56 Å². The van der Waals surface area contributed by atoms with Crippen molar-refractivity contribution in [1.82, 2.24) is 9.88 Å². The predicted octanol–water partition coefficient (Wildman–Crippen LogP) is 4.69. The van der Waals surface area contributed by atoms with E-state index in [1.807, 2.05) is 65.6 Å². The van der Waals surface area contributed by atoms with Crippen LogP contribution in [0.2, 0.25) is 0 Å². The van der Waals surface area contributed by atoms with Crippen LogP contribution in [-0.2, 0) is 13.1 Å². The molecule has 1 aromatic heterocycles. The molecule has 0 bridgehead atoms. The lowest BCUT2D eigenvalue weighted by Gasteiger charge is -2.23. The average molecular weight is 381 g/mol. The first kappa shape index (κ1) is 16.4. The molecule has 120 valence electrons. The molecule has 0 unspecified atom stereocenters. The zero-order valence-corrected chi connectivity index (χ0v) is 14.7. The van der Waals surface area contributed by atoms with Crippen molar-refractivity contribution in [2.45, 2.75) is 13.1 Å². The molecule has 3 rings (SSSR count). The van der Waals surface area contributed by atoms with Gasteiger partial charge in [0.15, 0.2) is 0 Å². The molecule has 3 nitrogen and oxygen atoms in total. The van der Waals surface area contributed by atoms with Crippen LogP contribution in [0.3, 0.4) is 0 Å². The highest BCUT2D eigenvalue weighted by atomic mass is 79.9. The first-order valence-corrected chi connectivity index (χ1v) is 8.50. The van der Waals surface area contributed by atoms with Crippen LogP contribution in [0.5, 0.6) is 0 Å². The minimum absolute atomic E-state index is 0.0253. The summed E-state index contributed by atoms with van der Waals surface area (Å²) in [7, 11) is 0. The normalized spacial score (nSPS) is 10.4. The van der Waals surface area contributed by atoms with Gasteiger partial charge in [0.1, 0.15) is 4.60 Å². The average Bonchev–Trinajstić information content (AvgIpc) is 2.63. The van der Waals surface area contributed by atoms with Gasteiger partial charge in [0.25, 0.3) is 5.91 Å². The molecule has 0 aliphatic carbocycles. The van der Waals surface area contributed by atoms with Crippen LogP contribution in [0.25, 0.3) is 0 Å². The Kier molecular flexibility index (Phi) is 5.39. The molecule has 0 aliphatic heterocycles. The first-order chi connectivity index (χ1) is 11.7. The SMILES string of the molecule is O=C(c1ccc(Br)nc1)N(Cc1ccccc1)Cc1ccccc1. The Bertz CT molecular complexity index is 747. The second-order valence-corrected chi connectivity index (χ2v) is 6.31. The molecule has 3 aromatic rings. The Morgan fingerprint density at radius 3 is 1.83 bits per heavy atom. The highest BCUT2D eigenvalue weighted by molar-refractivity contribution is 9.10. The van der Waals surface area contributed by atoms with Gasteiger partial charge < -0.3 is 4.90 Å². The second kappa shape index (κ2) is 7.88. The van der Waals surface area contributed by atoms with Gasteiger partial charge in [0, 0.05) is 19.3 Å². The van der Waals surface area contributed by atoms with Gasteiger partial charge in [-0.3, -0.25) is 4.79 Å². The first-order valence-electron chi connectivity index (χ1n) is 7.71. The standard InChI is InChI=1S/C20H17BrN2O/c21-19-12-11-18(13-22-19)20(24)23(14-16-7-3-1-4-8-16)15-17-9-5-2-6-10-17/h1-13H,14-15H2. The smallest absolute Gasteiger partial charge is 0.256 e. The Balaban J connectivity index is 1.85. The van der Waals surface area contributed by atoms with Crippen molar-refractivity contribution in [2.75, 3.05) is 0 Å². The van der Waals surface area contributed by atoms with Crippen molar-refractivity contribution in [3.05, 3.63) is 100 Å². The maximum Gasteiger partial charge on any atom is 0.256 e. The number of carbonyl (C=O) groups is 1. The summed E-state index contributed by atoms with van der Waals surface area (Å²) in [4.78, 5) is 18.9. The van der Waals surface area contributed by atoms with Crippen LogP contribution in [0.15, 0.2) is 83.6 Å². The molecule has 2 aromatic carbocycles. The summed E-state index contributed by atoms with van der Waals surface area (Å²) in [5.74, 6) is -0.0253. The third-order valence-corrected chi connectivity index (χ3v) is 4.16. The van der Waals surface area contributed by atoms with Crippen molar-refractivity contribution < 1.29 is 4.79 Å². The summed E-state index contributed by atoms with van der Waals surface area (Å²) >= 11 is 3.30. The largest absolute Gasteiger partial charge is 0.330 e. The van der Waals surface area contributed by atoms with Gasteiger partial charge in [-0.2, -0.15) is 0 Å². The summed E-state index contributed by atoms with van der Waals surface area (Å²) in [6.45, 7) is 1.12. The number of hydrogen-bond acceptors (Lipinski definition) is 2. The maximum atomic E-state index is 12.9. The molecule has 0 fully saturated rings. The van der Waals surface area contributed by atoms with E-state index in [2.05, 4.69) is 20.9 Å². The van der Waals surface area contributed by atoms with Crippen molar-refractivity contribution in [3.8, 4) is 0 Å². The van der Waals surface area contributed by atoms with Crippen molar-refractivity contribution in [3.63, 3.8) is 0 Å². The number of benzene rings is 2. The number of halogens is 1. The summed E-state index contributed by atoms with van der Waals surface area (Å²) in [5.41, 5.74) is 2.80. The number of hydrogen-bond donors (Lipinski definition) is 0. The zero-order valence-electron chi connectivity index (χ0n) is 13.1. The molecule has 0 radical (unpaired) electrons. The van der Waals surface area contributed by atoms with E-state index in [0.29, 0.717) is 18.7 Å². The van der Waals surface area contributed by atoms with Crippen molar-refractivity contribution in [2.24, 2.45) is 0 Å². The van der Waals surface area contributed by atoms with Crippen LogP contribution in [0.4, 0.5) is 0 Å². The summed E-state index contributed by atoms with van der Waals surface area (Å²) in [6.07, 6.45) is 1.61. The lowest BCUT2D eigenvalue weighted by atomic mass is 10.1. The highest BCUT2D eigenvalue weighted by Gasteiger charge is 2.17. The third-order valence-electron chi connectivity index (χ3n) is 3.69. The third kappa shape index (κ3) is 4.30. The number of pyridine rings is 1. The molecule has 0 N–H and O–H groups in total. The van der Waals surface area contributed by atoms with Gasteiger partial charge in [-0.15, -0.1) is 0 Å². The molecule has 0 saturated carbocycles. The number of amides is 1. The fourth-order valence-corrected chi connectivity index (χ4v) is 2.73. The van der Waals surface area contributed by atoms with Gasteiger partial charge in [0.2, 0.25) is 0 Å². The predicted molar refractivity (Wildman–Crippen MR) is 98.4 cm³/mol. The van der Waals surface area contributed by atoms with Crippen LogP contribution in [0, 0.1) is 0 Å². The van der Waals surface area contributed by atoms with E-state index in [9.17, 15) is 4.79 Å². The summed E-state index contributed by atoms with van der Waals surface area (Å²) in [6, 6.07) is 23.6. The van der Waals surface area contributed by atoms with Gasteiger partial charge >= 0.3 is 0 Å². The fourth-order valence-electron chi connectivity index (χ4n) is 2.49. The number of aromatic nitrogens is 1. The second-order valence-electron chi connectivity index (χ2n) is 5.50. The van der Waals surface area contributed by atoms with Crippen molar-refractivity contribution in [1.29, 1.82) is 0 Å². The molecule has 4 heteroatoms. The fraction of sp³-hybridized carbons (Fsp3) is 0.100. The molecule has 0 atom stereocenters. The summed E-state index contributed by atoms with van der Waals surface area (Å²) in [5, 5.41) is 0. The molecule has 1 heterocycles. The Morgan fingerprint density at radius 2 is 1.38 bits per heavy atom. The number of rotatable bonds is 5. The van der Waals surface area contributed by atoms with E-state index in [0.717, 1.165) is 15.7 Å². The molecule has 0 aliphatic rings. The van der Waals surface area contributed by atoms with Crippen molar-refractivity contribution >= 4 is 21.8 Å². The lowest BCUT2D eigenvalue weighted by molar-refractivity contribution is 0.0729. The van der Waals surface area contributed by atoms with E-state index in [4.69, 9.17) is 0 Å². The zero-order chi connectivity index (χ0) is 16.8. The minimum atomic E-state index is -0.0253. The Hall–Kier alpha value is -2.46. The van der Waals surface area contributed by atoms with E-state index in [-0.39, 0.29) is 5.91 Å². The van der Waals surface area contributed by atoms with Gasteiger partial charge in [-0.1, -0.05) is 60.7 Å². The van der Waals surface area contributed by atoms with Gasteiger partial charge in [-0.25, -0.2) is 4.98 Å². The molecule has 24 heavy (non-hydrogen) atoms. The van der Waals surface area contributed by atoms with Crippen LogP contribution < -0.4 is 0 Å². The topological polar surface area (TPSA) is 33.2 Å². The molecular formula is C20H17BrN2O. The lowest BCUT2D eigenvalue weighted by Crippen LogP contribution is -2.30. The van der Waals surface area contributed by atoms with Gasteiger partial charge in [-0.05, 0) is 39.2 Å². The van der Waals surface area contributed by atoms with E-state index >= 15 is 0 Å². The Labute approximate surface area is 150 Å². The summed E-state index contributed by atoms with van der Waals surface area (Å²) < 4.78 is 0.719.